The number of fused-ring (bicyclic) bond motifs is 7. The molecule has 5 aliphatic rings. The van der Waals surface area contributed by atoms with Crippen molar-refractivity contribution in [1.29, 1.82) is 0 Å². The average molecular weight is 585 g/mol. The van der Waals surface area contributed by atoms with Crippen LogP contribution in [0, 0.1) is 62.1 Å². The molecule has 0 saturated heterocycles. The van der Waals surface area contributed by atoms with Gasteiger partial charge in [-0.2, -0.15) is 0 Å². The highest BCUT2D eigenvalue weighted by Gasteiger charge is 2.72. The average Bonchev–Trinajstić information content (AvgIpc) is 3.27. The summed E-state index contributed by atoms with van der Waals surface area (Å²) in [6, 6.07) is 0. The molecule has 5 fully saturated rings. The lowest BCUT2D eigenvalue weighted by Gasteiger charge is -2.72. The van der Waals surface area contributed by atoms with Gasteiger partial charge in [0, 0.05) is 5.41 Å². The number of carboxylic acids is 2. The van der Waals surface area contributed by atoms with Crippen LogP contribution in [0.1, 0.15) is 126 Å². The number of rotatable bonds is 6. The Balaban J connectivity index is 1.42. The Hall–Kier alpha value is -1.85. The fraction of sp³-hybridized carbons (Fsp3) is 0.861. The number of aliphatic carboxylic acids is 2. The van der Waals surface area contributed by atoms with Crippen LogP contribution in [0.15, 0.2) is 12.2 Å². The number of carbonyl (C=O) groups excluding carboxylic acids is 1. The topological polar surface area (TPSA) is 101 Å². The van der Waals surface area contributed by atoms with Gasteiger partial charge in [-0.3, -0.25) is 14.4 Å². The van der Waals surface area contributed by atoms with E-state index >= 15 is 0 Å². The van der Waals surface area contributed by atoms with E-state index in [0.717, 1.165) is 69.8 Å². The molecule has 10 atom stereocenters. The Morgan fingerprint density at radius 1 is 0.833 bits per heavy atom. The van der Waals surface area contributed by atoms with Gasteiger partial charge in [0.25, 0.3) is 0 Å². The third kappa shape index (κ3) is 4.19. The molecule has 0 heterocycles. The largest absolute Gasteiger partial charge is 0.481 e. The Labute approximate surface area is 253 Å². The highest BCUT2D eigenvalue weighted by molar-refractivity contribution is 5.81. The molecule has 42 heavy (non-hydrogen) atoms. The van der Waals surface area contributed by atoms with E-state index in [9.17, 15) is 24.6 Å². The van der Waals surface area contributed by atoms with Gasteiger partial charge in [-0.25, -0.2) is 0 Å². The summed E-state index contributed by atoms with van der Waals surface area (Å²) in [5.41, 5.74) is -0.477. The molecular weight excluding hydrogens is 528 g/mol. The fourth-order valence-electron chi connectivity index (χ4n) is 12.3. The van der Waals surface area contributed by atoms with Crippen LogP contribution in [0.4, 0.5) is 0 Å². The number of hydrogen-bond donors (Lipinski definition) is 2. The summed E-state index contributed by atoms with van der Waals surface area (Å²) in [6.45, 7) is 21.7. The molecule has 0 bridgehead atoms. The fourth-order valence-corrected chi connectivity index (χ4v) is 12.3. The molecule has 4 unspecified atom stereocenters. The third-order valence-electron chi connectivity index (χ3n) is 14.9. The normalized spacial score (nSPS) is 45.9. The Bertz CT molecular complexity index is 1170. The third-order valence-corrected chi connectivity index (χ3v) is 14.9. The molecule has 0 amide bonds. The summed E-state index contributed by atoms with van der Waals surface area (Å²) in [5, 5.41) is 20.1. The molecule has 6 nitrogen and oxygen atoms in total. The van der Waals surface area contributed by atoms with Crippen molar-refractivity contribution in [2.24, 2.45) is 62.1 Å². The molecule has 0 spiro atoms. The molecular formula is C36H56O6. The van der Waals surface area contributed by atoms with Crippen molar-refractivity contribution in [2.75, 3.05) is 0 Å². The summed E-state index contributed by atoms with van der Waals surface area (Å²) < 4.78 is 6.10. The van der Waals surface area contributed by atoms with Gasteiger partial charge in [0.15, 0.2) is 0 Å². The summed E-state index contributed by atoms with van der Waals surface area (Å²) >= 11 is 0. The van der Waals surface area contributed by atoms with E-state index in [1.807, 2.05) is 0 Å². The quantitative estimate of drug-likeness (QED) is 0.241. The van der Waals surface area contributed by atoms with E-state index in [-0.39, 0.29) is 40.1 Å². The van der Waals surface area contributed by atoms with E-state index in [4.69, 9.17) is 4.74 Å². The van der Waals surface area contributed by atoms with Crippen LogP contribution in [-0.2, 0) is 19.1 Å². The number of allylic oxidation sites excluding steroid dienone is 1. The monoisotopic (exact) mass is 584 g/mol. The lowest BCUT2D eigenvalue weighted by atomic mass is 9.32. The van der Waals surface area contributed by atoms with Crippen LogP contribution in [0.3, 0.4) is 0 Å². The van der Waals surface area contributed by atoms with Crippen molar-refractivity contribution in [3.63, 3.8) is 0 Å². The van der Waals surface area contributed by atoms with E-state index < -0.39 is 28.7 Å². The first-order valence-corrected chi connectivity index (χ1v) is 16.6. The number of carboxylic acid groups (broad SMARTS) is 2. The first kappa shape index (κ1) is 31.6. The standard InChI is InChI=1S/C36H56O6/c1-21(2)22-12-17-36(30(40)41)19-18-34(8)23(28(22)36)10-11-25-33(7)15-14-26(42-27(37)20-31(3,4)29(38)39)32(5,6)24(33)13-16-35(25,34)9/h22-26,28H,1,10-20H2,2-9H3,(H,38,39)(H,40,41)/t22-,23?,24?,25?,26-,28?,33-,34+,35+,36-/m0/s1. The molecule has 6 heteroatoms. The predicted octanol–water partition coefficient (Wildman–Crippen LogP) is 8.14. The first-order chi connectivity index (χ1) is 19.3. The number of ether oxygens (including phenoxy) is 1. The van der Waals surface area contributed by atoms with Crippen molar-refractivity contribution in [2.45, 2.75) is 132 Å². The van der Waals surface area contributed by atoms with Crippen LogP contribution in [0.25, 0.3) is 0 Å². The second-order valence-electron chi connectivity index (χ2n) is 17.4. The van der Waals surface area contributed by atoms with Gasteiger partial charge in [-0.15, -0.1) is 0 Å². The SMILES string of the molecule is C=C(C)[C@@H]1CC[C@]2(C(=O)O)CC[C@]3(C)C(CCC4[C@@]5(C)CC[C@H](OC(=O)CC(C)(C)C(=O)O)C(C)(C)C5CC[C@]43C)C12. The summed E-state index contributed by atoms with van der Waals surface area (Å²) in [4.78, 5) is 37.5. The number of hydrogen-bond acceptors (Lipinski definition) is 4. The van der Waals surface area contributed by atoms with E-state index in [0.29, 0.717) is 23.7 Å². The van der Waals surface area contributed by atoms with Crippen molar-refractivity contribution in [3.05, 3.63) is 12.2 Å². The van der Waals surface area contributed by atoms with Gasteiger partial charge < -0.3 is 14.9 Å². The van der Waals surface area contributed by atoms with Crippen LogP contribution >= 0.6 is 0 Å². The lowest BCUT2D eigenvalue weighted by Crippen LogP contribution is -2.67. The van der Waals surface area contributed by atoms with Gasteiger partial charge in [0.05, 0.1) is 17.3 Å². The highest BCUT2D eigenvalue weighted by Crippen LogP contribution is 2.77. The minimum Gasteiger partial charge on any atom is -0.481 e. The van der Waals surface area contributed by atoms with Gasteiger partial charge >= 0.3 is 17.9 Å². The second kappa shape index (κ2) is 9.83. The zero-order valence-corrected chi connectivity index (χ0v) is 27.5. The Kier molecular flexibility index (Phi) is 7.39. The second-order valence-corrected chi connectivity index (χ2v) is 17.4. The smallest absolute Gasteiger partial charge is 0.309 e. The molecule has 236 valence electrons. The number of esters is 1. The highest BCUT2D eigenvalue weighted by atomic mass is 16.5. The Morgan fingerprint density at radius 3 is 2.10 bits per heavy atom. The molecule has 0 aromatic rings. The van der Waals surface area contributed by atoms with Gasteiger partial charge in [0.1, 0.15) is 6.10 Å². The molecule has 0 aliphatic heterocycles. The minimum atomic E-state index is -1.15. The van der Waals surface area contributed by atoms with Crippen molar-refractivity contribution in [3.8, 4) is 0 Å². The van der Waals surface area contributed by atoms with Crippen LogP contribution in [0.5, 0.6) is 0 Å². The van der Waals surface area contributed by atoms with Gasteiger partial charge in [0.2, 0.25) is 0 Å². The van der Waals surface area contributed by atoms with Crippen molar-refractivity contribution >= 4 is 17.9 Å². The van der Waals surface area contributed by atoms with Crippen molar-refractivity contribution < 1.29 is 29.3 Å². The lowest BCUT2D eigenvalue weighted by molar-refractivity contribution is -0.250. The van der Waals surface area contributed by atoms with E-state index in [1.54, 1.807) is 13.8 Å². The summed E-state index contributed by atoms with van der Waals surface area (Å²) in [7, 11) is 0. The minimum absolute atomic E-state index is 0.0847. The maximum atomic E-state index is 12.9. The predicted molar refractivity (Wildman–Crippen MR) is 163 cm³/mol. The first-order valence-electron chi connectivity index (χ1n) is 16.6. The van der Waals surface area contributed by atoms with Crippen LogP contribution < -0.4 is 0 Å². The van der Waals surface area contributed by atoms with Gasteiger partial charge in [-0.1, -0.05) is 46.8 Å². The molecule has 2 N–H and O–H groups in total. The van der Waals surface area contributed by atoms with E-state index in [1.165, 1.54) is 0 Å². The zero-order chi connectivity index (χ0) is 31.3. The number of carbonyl (C=O) groups is 3. The van der Waals surface area contributed by atoms with Crippen LogP contribution in [0.2, 0.25) is 0 Å². The molecule has 5 aliphatic carbocycles. The van der Waals surface area contributed by atoms with Crippen molar-refractivity contribution in [1.82, 2.24) is 0 Å². The maximum Gasteiger partial charge on any atom is 0.309 e. The summed E-state index contributed by atoms with van der Waals surface area (Å²) in [5.74, 6) is -0.165. The zero-order valence-electron chi connectivity index (χ0n) is 27.5. The van der Waals surface area contributed by atoms with E-state index in [2.05, 4.69) is 48.1 Å². The molecule has 0 aromatic heterocycles. The Morgan fingerprint density at radius 2 is 1.50 bits per heavy atom. The molecule has 5 saturated carbocycles. The molecule has 0 radical (unpaired) electrons. The maximum absolute atomic E-state index is 12.9. The summed E-state index contributed by atoms with van der Waals surface area (Å²) in [6.07, 6.45) is 9.38. The molecule has 0 aromatic carbocycles. The van der Waals surface area contributed by atoms with Gasteiger partial charge in [-0.05, 0) is 131 Å². The van der Waals surface area contributed by atoms with Crippen LogP contribution in [-0.4, -0.2) is 34.2 Å². The molecule has 5 rings (SSSR count).